The van der Waals surface area contributed by atoms with Gasteiger partial charge in [-0.05, 0) is 12.5 Å². The van der Waals surface area contributed by atoms with E-state index in [9.17, 15) is 0 Å². The van der Waals surface area contributed by atoms with E-state index in [2.05, 4.69) is 48.1 Å². The van der Waals surface area contributed by atoms with Gasteiger partial charge >= 0.3 is 0 Å². The molecule has 0 spiro atoms. The van der Waals surface area contributed by atoms with E-state index in [4.69, 9.17) is 0 Å². The second-order valence-electron chi connectivity index (χ2n) is 3.11. The summed E-state index contributed by atoms with van der Waals surface area (Å²) in [5.74, 6) is 0.704. The molecule has 65 valence electrons. The highest BCUT2D eigenvalue weighted by Crippen LogP contribution is 2.16. The van der Waals surface area contributed by atoms with Gasteiger partial charge < -0.3 is 4.98 Å². The first kappa shape index (κ1) is 8.05. The Labute approximate surface area is 77.6 Å². The largest absolute Gasteiger partial charge is 0.342 e. The molecular formula is C11H11N2. The van der Waals surface area contributed by atoms with Crippen LogP contribution < -0.4 is 0 Å². The lowest BCUT2D eigenvalue weighted by molar-refractivity contribution is 1.23. The minimum absolute atomic E-state index is 0.704. The third kappa shape index (κ3) is 1.61. The third-order valence-electron chi connectivity index (χ3n) is 1.99. The summed E-state index contributed by atoms with van der Waals surface area (Å²) in [6, 6.07) is 8.31. The van der Waals surface area contributed by atoms with Crippen LogP contribution in [-0.2, 0) is 0 Å². The molecule has 0 aliphatic carbocycles. The monoisotopic (exact) mass is 171 g/mol. The van der Waals surface area contributed by atoms with Crippen LogP contribution in [-0.4, -0.2) is 9.97 Å². The number of aromatic nitrogens is 2. The van der Waals surface area contributed by atoms with Gasteiger partial charge in [-0.2, -0.15) is 0 Å². The van der Waals surface area contributed by atoms with Crippen LogP contribution in [0.1, 0.15) is 11.4 Å². The molecule has 0 aliphatic rings. The number of imidazole rings is 1. The number of nitrogens with one attached hydrogen (secondary N) is 1. The first-order chi connectivity index (χ1) is 6.25. The zero-order valence-corrected chi connectivity index (χ0v) is 7.54. The van der Waals surface area contributed by atoms with Gasteiger partial charge in [-0.25, -0.2) is 4.98 Å². The first-order valence-corrected chi connectivity index (χ1v) is 4.20. The average molecular weight is 171 g/mol. The molecule has 0 saturated carbocycles. The maximum Gasteiger partial charge on any atom is 0.106 e. The zero-order chi connectivity index (χ0) is 9.26. The summed E-state index contributed by atoms with van der Waals surface area (Å²) in [6.45, 7) is 5.79. The van der Waals surface area contributed by atoms with Crippen molar-refractivity contribution >= 4 is 0 Å². The van der Waals surface area contributed by atoms with Crippen LogP contribution in [0.15, 0.2) is 30.5 Å². The molecule has 0 saturated heterocycles. The minimum Gasteiger partial charge on any atom is -0.342 e. The van der Waals surface area contributed by atoms with Crippen LogP contribution >= 0.6 is 0 Å². The van der Waals surface area contributed by atoms with Gasteiger partial charge in [0, 0.05) is 6.92 Å². The summed E-state index contributed by atoms with van der Waals surface area (Å²) >= 11 is 0. The number of hydrogen-bond donors (Lipinski definition) is 1. The lowest BCUT2D eigenvalue weighted by Gasteiger charge is -1.97. The number of H-pyrrole nitrogens is 1. The predicted molar refractivity (Wildman–Crippen MR) is 53.2 cm³/mol. The van der Waals surface area contributed by atoms with Gasteiger partial charge in [0.05, 0.1) is 11.9 Å². The van der Waals surface area contributed by atoms with Gasteiger partial charge in [0.25, 0.3) is 0 Å². The second kappa shape index (κ2) is 3.05. The second-order valence-corrected chi connectivity index (χ2v) is 3.11. The Hall–Kier alpha value is -1.57. The molecule has 1 aromatic carbocycles. The van der Waals surface area contributed by atoms with Crippen molar-refractivity contribution in [2.75, 3.05) is 0 Å². The van der Waals surface area contributed by atoms with E-state index in [1.54, 1.807) is 6.20 Å². The fourth-order valence-electron chi connectivity index (χ4n) is 1.24. The van der Waals surface area contributed by atoms with Crippen LogP contribution in [0.3, 0.4) is 0 Å². The maximum atomic E-state index is 4.05. The molecule has 2 nitrogen and oxygen atoms in total. The van der Waals surface area contributed by atoms with Crippen molar-refractivity contribution in [2.24, 2.45) is 0 Å². The summed E-state index contributed by atoms with van der Waals surface area (Å²) in [7, 11) is 0. The minimum atomic E-state index is 0.704. The van der Waals surface area contributed by atoms with Crippen molar-refractivity contribution in [1.29, 1.82) is 0 Å². The van der Waals surface area contributed by atoms with E-state index in [-0.39, 0.29) is 0 Å². The summed E-state index contributed by atoms with van der Waals surface area (Å²) < 4.78 is 0. The number of nitrogens with zero attached hydrogens (tertiary/aromatic N) is 1. The molecule has 2 rings (SSSR count). The highest BCUT2D eigenvalue weighted by molar-refractivity contribution is 5.58. The van der Waals surface area contributed by atoms with Crippen LogP contribution in [0.4, 0.5) is 0 Å². The van der Waals surface area contributed by atoms with E-state index in [0.29, 0.717) is 5.82 Å². The summed E-state index contributed by atoms with van der Waals surface area (Å²) in [6.07, 6.45) is 1.80. The Morgan fingerprint density at radius 2 is 1.92 bits per heavy atom. The van der Waals surface area contributed by atoms with E-state index in [0.717, 1.165) is 11.3 Å². The van der Waals surface area contributed by atoms with Crippen LogP contribution in [0.25, 0.3) is 11.3 Å². The molecule has 1 N–H and O–H groups in total. The molecule has 0 unspecified atom stereocenters. The van der Waals surface area contributed by atoms with Crippen molar-refractivity contribution in [1.82, 2.24) is 9.97 Å². The summed E-state index contributed by atoms with van der Waals surface area (Å²) in [4.78, 5) is 7.14. The van der Waals surface area contributed by atoms with Crippen LogP contribution in [0.5, 0.6) is 0 Å². The van der Waals surface area contributed by atoms with Crippen molar-refractivity contribution in [2.45, 2.75) is 6.92 Å². The van der Waals surface area contributed by atoms with Gasteiger partial charge in [0.2, 0.25) is 0 Å². The van der Waals surface area contributed by atoms with Crippen molar-refractivity contribution in [3.05, 3.63) is 48.8 Å². The molecule has 0 bridgehead atoms. The van der Waals surface area contributed by atoms with Gasteiger partial charge in [-0.15, -0.1) is 0 Å². The maximum absolute atomic E-state index is 4.05. The summed E-state index contributed by atoms with van der Waals surface area (Å²) in [5, 5.41) is 0. The number of hydrogen-bond acceptors (Lipinski definition) is 1. The third-order valence-corrected chi connectivity index (χ3v) is 1.99. The van der Waals surface area contributed by atoms with Crippen molar-refractivity contribution in [3.8, 4) is 11.3 Å². The Bertz CT molecular complexity index is 398. The van der Waals surface area contributed by atoms with Crippen molar-refractivity contribution in [3.63, 3.8) is 0 Å². The van der Waals surface area contributed by atoms with Crippen LogP contribution in [0, 0.1) is 13.8 Å². The smallest absolute Gasteiger partial charge is 0.106 e. The molecule has 1 radical (unpaired) electrons. The predicted octanol–water partition coefficient (Wildman–Crippen LogP) is 2.57. The average Bonchev–Trinajstić information content (AvgIpc) is 2.53. The Balaban J connectivity index is 2.41. The highest BCUT2D eigenvalue weighted by Gasteiger charge is 1.98. The van der Waals surface area contributed by atoms with E-state index >= 15 is 0 Å². The molecule has 0 amide bonds. The summed E-state index contributed by atoms with van der Waals surface area (Å²) in [5.41, 5.74) is 3.43. The fourth-order valence-corrected chi connectivity index (χ4v) is 1.24. The van der Waals surface area contributed by atoms with Gasteiger partial charge in [0.1, 0.15) is 5.82 Å². The number of rotatable bonds is 1. The van der Waals surface area contributed by atoms with Gasteiger partial charge in [0.15, 0.2) is 0 Å². The number of aryl methyl sites for hydroxylation is 1. The molecule has 2 aromatic rings. The molecule has 2 heteroatoms. The Morgan fingerprint density at radius 3 is 2.46 bits per heavy atom. The highest BCUT2D eigenvalue weighted by atomic mass is 14.9. The van der Waals surface area contributed by atoms with Gasteiger partial charge in [-0.3, -0.25) is 0 Å². The zero-order valence-electron chi connectivity index (χ0n) is 7.54. The standard InChI is InChI=1S/C11H11N2/c1-8-3-5-10(6-4-8)11-7-12-9(2)13-11/h3-7H,2H2,1H3,(H,12,13). The van der Waals surface area contributed by atoms with Crippen molar-refractivity contribution < 1.29 is 0 Å². The lowest BCUT2D eigenvalue weighted by atomic mass is 10.1. The molecule has 0 atom stereocenters. The molecule has 13 heavy (non-hydrogen) atoms. The van der Waals surface area contributed by atoms with E-state index < -0.39 is 0 Å². The molecule has 0 aliphatic heterocycles. The van der Waals surface area contributed by atoms with Gasteiger partial charge in [-0.1, -0.05) is 29.8 Å². The molecule has 1 aromatic heterocycles. The Morgan fingerprint density at radius 1 is 1.23 bits per heavy atom. The van der Waals surface area contributed by atoms with Crippen LogP contribution in [0.2, 0.25) is 0 Å². The molecular weight excluding hydrogens is 160 g/mol. The SMILES string of the molecule is [CH2]c1ncc(-c2ccc(C)cc2)[nH]1. The quantitative estimate of drug-likeness (QED) is 0.701. The fraction of sp³-hybridized carbons (Fsp3) is 0.0909. The lowest BCUT2D eigenvalue weighted by Crippen LogP contribution is -1.78. The first-order valence-electron chi connectivity index (χ1n) is 4.20. The molecule has 0 fully saturated rings. The topological polar surface area (TPSA) is 28.7 Å². The number of benzene rings is 1. The normalized spacial score (nSPS) is 10.3. The number of aromatic amines is 1. The van der Waals surface area contributed by atoms with E-state index in [1.807, 2.05) is 0 Å². The Kier molecular flexibility index (Phi) is 1.89. The molecule has 1 heterocycles. The van der Waals surface area contributed by atoms with E-state index in [1.165, 1.54) is 5.56 Å².